The van der Waals surface area contributed by atoms with Gasteiger partial charge in [0.25, 0.3) is 5.91 Å². The van der Waals surface area contributed by atoms with E-state index in [9.17, 15) is 4.79 Å². The maximum Gasteiger partial charge on any atom is 0.251 e. The highest BCUT2D eigenvalue weighted by molar-refractivity contribution is 6.32. The molecule has 2 aromatic carbocycles. The van der Waals surface area contributed by atoms with E-state index >= 15 is 0 Å². The van der Waals surface area contributed by atoms with Gasteiger partial charge in [0.15, 0.2) is 5.58 Å². The van der Waals surface area contributed by atoms with Crippen molar-refractivity contribution in [2.45, 2.75) is 20.4 Å². The average Bonchev–Trinajstić information content (AvgIpc) is 3.31. The number of oxazole rings is 1. The third kappa shape index (κ3) is 3.82. The van der Waals surface area contributed by atoms with Crippen LogP contribution in [0.4, 0.5) is 0 Å². The van der Waals surface area contributed by atoms with Crippen molar-refractivity contribution in [2.24, 2.45) is 0 Å². The molecule has 8 heteroatoms. The Kier molecular flexibility index (Phi) is 4.98. The largest absolute Gasteiger partial charge is 0.495 e. The molecule has 0 spiro atoms. The number of rotatable bonds is 5. The first-order chi connectivity index (χ1) is 13.9. The van der Waals surface area contributed by atoms with Crippen LogP contribution in [-0.2, 0) is 6.54 Å². The number of aryl methyl sites for hydroxylation is 2. The normalized spacial score (nSPS) is 11.0. The van der Waals surface area contributed by atoms with Gasteiger partial charge in [0.2, 0.25) is 5.89 Å². The van der Waals surface area contributed by atoms with Gasteiger partial charge in [0.1, 0.15) is 11.3 Å². The molecule has 1 N–H and O–H groups in total. The summed E-state index contributed by atoms with van der Waals surface area (Å²) in [6.45, 7) is 3.97. The molecule has 0 bridgehead atoms. The second-order valence-corrected chi connectivity index (χ2v) is 7.08. The first-order valence-corrected chi connectivity index (χ1v) is 9.35. The molecule has 0 atom stereocenters. The Hall–Kier alpha value is -3.32. The molecular weight excluding hydrogens is 392 g/mol. The number of nitrogens with zero attached hydrogens (tertiary/aromatic N) is 3. The summed E-state index contributed by atoms with van der Waals surface area (Å²) in [5.41, 5.74) is 4.37. The predicted octanol–water partition coefficient (Wildman–Crippen LogP) is 4.22. The highest BCUT2D eigenvalue weighted by atomic mass is 35.5. The molecule has 0 aliphatic heterocycles. The van der Waals surface area contributed by atoms with Crippen molar-refractivity contribution in [3.05, 3.63) is 70.6 Å². The summed E-state index contributed by atoms with van der Waals surface area (Å²) >= 11 is 6.12. The van der Waals surface area contributed by atoms with Crippen LogP contribution in [0.15, 0.2) is 47.3 Å². The van der Waals surface area contributed by atoms with E-state index in [4.69, 9.17) is 20.8 Å². The summed E-state index contributed by atoms with van der Waals surface area (Å²) in [5, 5.41) is 3.44. The number of ether oxygens (including phenoxy) is 1. The van der Waals surface area contributed by atoms with E-state index in [2.05, 4.69) is 15.3 Å². The van der Waals surface area contributed by atoms with Gasteiger partial charge in [0.05, 0.1) is 31.4 Å². The minimum absolute atomic E-state index is 0.162. The standard InChI is InChI=1S/C21H19ClN4O3/c1-12-6-18-16(8-15(12)22)25-20(29-18)9-23-21(27)14-4-5-17(19(7-14)28-3)26-10-13(2)24-11-26/h4-8,10-11H,9H2,1-3H3,(H,23,27). The molecule has 0 fully saturated rings. The smallest absolute Gasteiger partial charge is 0.251 e. The van der Waals surface area contributed by atoms with E-state index in [0.29, 0.717) is 33.3 Å². The molecule has 0 saturated heterocycles. The molecule has 0 unspecified atom stereocenters. The van der Waals surface area contributed by atoms with Gasteiger partial charge in [-0.1, -0.05) is 11.6 Å². The van der Waals surface area contributed by atoms with E-state index in [0.717, 1.165) is 16.9 Å². The Labute approximate surface area is 172 Å². The van der Waals surface area contributed by atoms with Crippen LogP contribution in [-0.4, -0.2) is 27.6 Å². The van der Waals surface area contributed by atoms with E-state index in [1.165, 1.54) is 0 Å². The van der Waals surface area contributed by atoms with E-state index in [1.807, 2.05) is 36.7 Å². The topological polar surface area (TPSA) is 82.2 Å². The number of carbonyl (C=O) groups excluding carboxylic acids is 1. The lowest BCUT2D eigenvalue weighted by Crippen LogP contribution is -2.23. The maximum atomic E-state index is 12.6. The van der Waals surface area contributed by atoms with Crippen molar-refractivity contribution in [1.29, 1.82) is 0 Å². The third-order valence-corrected chi connectivity index (χ3v) is 4.95. The van der Waals surface area contributed by atoms with Crippen LogP contribution in [0.25, 0.3) is 16.8 Å². The summed E-state index contributed by atoms with van der Waals surface area (Å²) in [7, 11) is 1.57. The zero-order valence-electron chi connectivity index (χ0n) is 16.2. The van der Waals surface area contributed by atoms with Crippen molar-refractivity contribution >= 4 is 28.6 Å². The van der Waals surface area contributed by atoms with Gasteiger partial charge in [-0.05, 0) is 49.7 Å². The first-order valence-electron chi connectivity index (χ1n) is 8.97. The molecule has 2 aromatic heterocycles. The van der Waals surface area contributed by atoms with Gasteiger partial charge in [0, 0.05) is 16.8 Å². The van der Waals surface area contributed by atoms with Gasteiger partial charge < -0.3 is 19.0 Å². The van der Waals surface area contributed by atoms with Crippen molar-refractivity contribution in [3.63, 3.8) is 0 Å². The van der Waals surface area contributed by atoms with Crippen LogP contribution in [0, 0.1) is 13.8 Å². The van der Waals surface area contributed by atoms with Crippen LogP contribution in [0.5, 0.6) is 5.75 Å². The molecule has 148 valence electrons. The van der Waals surface area contributed by atoms with Crippen LogP contribution < -0.4 is 10.1 Å². The van der Waals surface area contributed by atoms with Crippen LogP contribution in [0.3, 0.4) is 0 Å². The van der Waals surface area contributed by atoms with Crippen molar-refractivity contribution < 1.29 is 13.9 Å². The van der Waals surface area contributed by atoms with Gasteiger partial charge in [-0.25, -0.2) is 9.97 Å². The lowest BCUT2D eigenvalue weighted by molar-refractivity contribution is 0.0947. The second-order valence-electron chi connectivity index (χ2n) is 6.67. The fourth-order valence-electron chi connectivity index (χ4n) is 3.02. The van der Waals surface area contributed by atoms with E-state index < -0.39 is 0 Å². The fraction of sp³-hybridized carbons (Fsp3) is 0.190. The molecule has 1 amide bonds. The minimum atomic E-state index is -0.256. The van der Waals surface area contributed by atoms with Gasteiger partial charge >= 0.3 is 0 Å². The molecule has 2 heterocycles. The summed E-state index contributed by atoms with van der Waals surface area (Å²) < 4.78 is 13.0. The molecule has 0 saturated carbocycles. The number of benzene rings is 2. The monoisotopic (exact) mass is 410 g/mol. The molecule has 4 aromatic rings. The summed E-state index contributed by atoms with van der Waals surface area (Å²) in [6.07, 6.45) is 3.59. The summed E-state index contributed by atoms with van der Waals surface area (Å²) in [4.78, 5) is 21.2. The van der Waals surface area contributed by atoms with Crippen LogP contribution in [0.1, 0.15) is 27.5 Å². The molecule has 0 radical (unpaired) electrons. The summed E-state index contributed by atoms with van der Waals surface area (Å²) in [6, 6.07) is 8.83. The van der Waals surface area contributed by atoms with Crippen molar-refractivity contribution in [2.75, 3.05) is 7.11 Å². The number of methoxy groups -OCH3 is 1. The van der Waals surface area contributed by atoms with Crippen molar-refractivity contribution in [1.82, 2.24) is 19.9 Å². The number of imidazole rings is 1. The fourth-order valence-corrected chi connectivity index (χ4v) is 3.17. The number of halogens is 1. The van der Waals surface area contributed by atoms with E-state index in [-0.39, 0.29) is 12.5 Å². The quantitative estimate of drug-likeness (QED) is 0.532. The Balaban J connectivity index is 1.51. The SMILES string of the molecule is COc1cc(C(=O)NCc2nc3cc(Cl)c(C)cc3o2)ccc1-n1cnc(C)c1. The Morgan fingerprint density at radius 2 is 2.10 bits per heavy atom. The van der Waals surface area contributed by atoms with Gasteiger partial charge in [-0.15, -0.1) is 0 Å². The van der Waals surface area contributed by atoms with Gasteiger partial charge in [-0.2, -0.15) is 0 Å². The third-order valence-electron chi connectivity index (χ3n) is 4.55. The second kappa shape index (κ2) is 7.60. The maximum absolute atomic E-state index is 12.6. The van der Waals surface area contributed by atoms with Crippen molar-refractivity contribution in [3.8, 4) is 11.4 Å². The van der Waals surface area contributed by atoms with Gasteiger partial charge in [-0.3, -0.25) is 4.79 Å². The lowest BCUT2D eigenvalue weighted by atomic mass is 10.1. The highest BCUT2D eigenvalue weighted by Gasteiger charge is 2.14. The number of aromatic nitrogens is 3. The molecule has 0 aliphatic rings. The number of hydrogen-bond donors (Lipinski definition) is 1. The highest BCUT2D eigenvalue weighted by Crippen LogP contribution is 2.25. The molecular formula is C21H19ClN4O3. The van der Waals surface area contributed by atoms with Crippen LogP contribution >= 0.6 is 11.6 Å². The number of hydrogen-bond acceptors (Lipinski definition) is 5. The number of amides is 1. The average molecular weight is 411 g/mol. The first kappa shape index (κ1) is 19.0. The number of fused-ring (bicyclic) bond motifs is 1. The van der Waals surface area contributed by atoms with Crippen LogP contribution in [0.2, 0.25) is 5.02 Å². The number of nitrogens with one attached hydrogen (secondary N) is 1. The Morgan fingerprint density at radius 1 is 1.28 bits per heavy atom. The molecule has 29 heavy (non-hydrogen) atoms. The Morgan fingerprint density at radius 3 is 2.83 bits per heavy atom. The lowest BCUT2D eigenvalue weighted by Gasteiger charge is -2.11. The summed E-state index contributed by atoms with van der Waals surface area (Å²) in [5.74, 6) is 0.725. The molecule has 7 nitrogen and oxygen atoms in total. The number of carbonyl (C=O) groups is 1. The predicted molar refractivity (Wildman–Crippen MR) is 110 cm³/mol. The molecule has 4 rings (SSSR count). The van der Waals surface area contributed by atoms with E-state index in [1.54, 1.807) is 31.6 Å². The zero-order chi connectivity index (χ0) is 20.5. The zero-order valence-corrected chi connectivity index (χ0v) is 16.9. The molecule has 0 aliphatic carbocycles. The minimum Gasteiger partial charge on any atom is -0.495 e. The Bertz CT molecular complexity index is 1170.